The van der Waals surface area contributed by atoms with Gasteiger partial charge < -0.3 is 10.5 Å². The molecule has 1 fully saturated rings. The first-order chi connectivity index (χ1) is 23.1. The van der Waals surface area contributed by atoms with Crippen LogP contribution in [0.3, 0.4) is 0 Å². The van der Waals surface area contributed by atoms with Crippen molar-refractivity contribution in [3.8, 4) is 5.69 Å². The van der Waals surface area contributed by atoms with E-state index in [4.69, 9.17) is 27.1 Å². The summed E-state index contributed by atoms with van der Waals surface area (Å²) in [6.45, 7) is 1.13. The number of likely N-dealkylation sites (tertiary alicyclic amines) is 1. The summed E-state index contributed by atoms with van der Waals surface area (Å²) >= 11 is 6.49. The van der Waals surface area contributed by atoms with E-state index in [0.717, 1.165) is 4.90 Å². The van der Waals surface area contributed by atoms with Crippen molar-refractivity contribution < 1.29 is 31.9 Å². The zero-order valence-corrected chi connectivity index (χ0v) is 27.6. The molecule has 3 atom stereocenters. The number of alkyl halides is 4. The van der Waals surface area contributed by atoms with E-state index in [0.29, 0.717) is 38.5 Å². The van der Waals surface area contributed by atoms with E-state index in [9.17, 15) is 27.2 Å². The number of carbonyl (C=O) groups is 2. The molecule has 2 amide bonds. The number of hydrogen-bond acceptors (Lipinski definition) is 8. The quantitative estimate of drug-likeness (QED) is 0.285. The maximum Gasteiger partial charge on any atom is 0.410 e. The fraction of sp³-hybridized carbons (Fsp3) is 0.438. The van der Waals surface area contributed by atoms with Crippen molar-refractivity contribution in [3.05, 3.63) is 77.6 Å². The van der Waals surface area contributed by atoms with Crippen LogP contribution in [0, 0.1) is 11.3 Å². The first-order valence-electron chi connectivity index (χ1n) is 15.4. The van der Waals surface area contributed by atoms with Crippen molar-refractivity contribution in [2.75, 3.05) is 19.7 Å². The van der Waals surface area contributed by atoms with Crippen molar-refractivity contribution in [1.82, 2.24) is 34.3 Å². The van der Waals surface area contributed by atoms with Gasteiger partial charge in [0.2, 0.25) is 0 Å². The van der Waals surface area contributed by atoms with E-state index in [2.05, 4.69) is 15.2 Å². The molecule has 260 valence electrons. The average molecular weight is 704 g/mol. The molecule has 2 N–H and O–H groups in total. The van der Waals surface area contributed by atoms with E-state index in [1.165, 1.54) is 34.6 Å². The number of hydrogen-bond donors (Lipinski definition) is 1. The van der Waals surface area contributed by atoms with Crippen LogP contribution in [0.4, 0.5) is 22.4 Å². The average Bonchev–Trinajstić information content (AvgIpc) is 3.78. The van der Waals surface area contributed by atoms with Gasteiger partial charge >= 0.3 is 12.6 Å². The second-order valence-electron chi connectivity index (χ2n) is 13.5. The first kappa shape index (κ1) is 34.1. The third-order valence-corrected chi connectivity index (χ3v) is 8.92. The Bertz CT molecular complexity index is 1830. The Labute approximate surface area is 283 Å². The zero-order chi connectivity index (χ0) is 35.3. The van der Waals surface area contributed by atoms with Gasteiger partial charge in [0.1, 0.15) is 19.3 Å². The lowest BCUT2D eigenvalue weighted by Gasteiger charge is -2.39. The third-order valence-electron chi connectivity index (χ3n) is 8.60. The molecule has 2 aliphatic heterocycles. The summed E-state index contributed by atoms with van der Waals surface area (Å²) in [5, 5.41) is 8.17. The van der Waals surface area contributed by atoms with Crippen molar-refractivity contribution in [1.29, 1.82) is 0 Å². The normalized spacial score (nSPS) is 22.6. The van der Waals surface area contributed by atoms with Crippen molar-refractivity contribution in [2.24, 2.45) is 22.1 Å². The highest BCUT2D eigenvalue weighted by atomic mass is 35.5. The Morgan fingerprint density at radius 2 is 1.96 bits per heavy atom. The molecule has 49 heavy (non-hydrogen) atoms. The molecule has 17 heteroatoms. The van der Waals surface area contributed by atoms with Gasteiger partial charge in [0.25, 0.3) is 11.8 Å². The number of guanidine groups is 1. The molecular weight excluding hydrogens is 670 g/mol. The molecule has 12 nitrogen and oxygen atoms in total. The summed E-state index contributed by atoms with van der Waals surface area (Å²) in [5.41, 5.74) is 6.81. The molecule has 0 radical (unpaired) electrons. The Balaban J connectivity index is 1.34. The molecule has 1 unspecified atom stereocenters. The topological polar surface area (TPSA) is 137 Å². The van der Waals surface area contributed by atoms with Crippen LogP contribution in [-0.4, -0.2) is 83.5 Å². The highest BCUT2D eigenvalue weighted by Gasteiger charge is 2.56. The molecule has 0 saturated carbocycles. The maximum atomic E-state index is 14.8. The fourth-order valence-corrected chi connectivity index (χ4v) is 6.65. The number of ether oxygens (including phenoxy) is 1. The number of aromatic nitrogens is 5. The summed E-state index contributed by atoms with van der Waals surface area (Å²) in [6.07, 6.45) is 10.4. The van der Waals surface area contributed by atoms with Gasteiger partial charge in [0, 0.05) is 17.7 Å². The van der Waals surface area contributed by atoms with E-state index in [1.807, 2.05) is 32.9 Å². The van der Waals surface area contributed by atoms with E-state index >= 15 is 0 Å². The molecule has 1 saturated heterocycles. The Morgan fingerprint density at radius 3 is 2.55 bits per heavy atom. The molecule has 3 aromatic rings. The molecule has 2 aromatic heterocycles. The van der Waals surface area contributed by atoms with Crippen molar-refractivity contribution in [2.45, 2.75) is 57.7 Å². The minimum Gasteiger partial charge on any atom is -0.447 e. The standard InChI is InChI=1S/C32H34ClF4N9O3/c1-30(2,3)14-32(22-7-4-19(5-8-22)21-11-40-44(12-21)27(34)35)26(47)46(28(38)42-32)25(13-49-29(48)43-15-31(36,37)16-43)20-6-9-23(33)24(10-20)45-18-39-17-41-45/h4-7,9-12,17-18,22,25,27H,8,13-16H2,1-3H3,(H2,38,42)/t22?,25-,32-/m1/s1. The number of carbonyl (C=O) groups excluding carboxylic acids is 2. The highest BCUT2D eigenvalue weighted by Crippen LogP contribution is 2.46. The smallest absolute Gasteiger partial charge is 0.410 e. The number of benzene rings is 1. The van der Waals surface area contributed by atoms with E-state index < -0.39 is 67.1 Å². The summed E-state index contributed by atoms with van der Waals surface area (Å²) in [5.74, 6) is -4.06. The monoisotopic (exact) mass is 703 g/mol. The SMILES string of the molecule is CC(C)(C)C[C@]1(C2C=CC(c3cnn(C(F)F)c3)=CC2)N=C(N)N([C@H](COC(=O)N2CC(F)(F)C2)c2ccc(Cl)c(-n3cncn3)c2)C1=O. The lowest BCUT2D eigenvalue weighted by molar-refractivity contribution is -0.136. The summed E-state index contributed by atoms with van der Waals surface area (Å²) in [7, 11) is 0. The Kier molecular flexibility index (Phi) is 8.79. The lowest BCUT2D eigenvalue weighted by Crippen LogP contribution is -2.58. The minimum absolute atomic E-state index is 0.121. The summed E-state index contributed by atoms with van der Waals surface area (Å²) in [4.78, 5) is 38.6. The molecule has 3 aliphatic rings. The Hall–Kier alpha value is -4.73. The number of aliphatic imine (C=N–C) groups is 1. The minimum atomic E-state index is -3.00. The second kappa shape index (κ2) is 12.6. The van der Waals surface area contributed by atoms with Gasteiger partial charge in [-0.05, 0) is 41.5 Å². The number of rotatable bonds is 9. The zero-order valence-electron chi connectivity index (χ0n) is 26.8. The van der Waals surface area contributed by atoms with Crippen LogP contribution in [0.2, 0.25) is 5.02 Å². The number of nitrogens with zero attached hydrogens (tertiary/aromatic N) is 8. The molecule has 1 aromatic carbocycles. The molecule has 4 heterocycles. The van der Waals surface area contributed by atoms with Crippen LogP contribution in [0.25, 0.3) is 11.3 Å². The number of amides is 2. The van der Waals surface area contributed by atoms with Crippen molar-refractivity contribution >= 4 is 35.1 Å². The number of halogens is 5. The fourth-order valence-electron chi connectivity index (χ4n) is 6.45. The van der Waals surface area contributed by atoms with Crippen LogP contribution in [0.5, 0.6) is 0 Å². The van der Waals surface area contributed by atoms with Crippen molar-refractivity contribution in [3.63, 3.8) is 0 Å². The molecule has 0 bridgehead atoms. The van der Waals surface area contributed by atoms with E-state index in [1.54, 1.807) is 24.3 Å². The van der Waals surface area contributed by atoms with Gasteiger partial charge in [-0.15, -0.1) is 0 Å². The van der Waals surface area contributed by atoms with Gasteiger partial charge in [0.05, 0.1) is 36.0 Å². The van der Waals surface area contributed by atoms with E-state index in [-0.39, 0.29) is 12.4 Å². The molecule has 6 rings (SSSR count). The second-order valence-corrected chi connectivity index (χ2v) is 13.9. The third kappa shape index (κ3) is 6.78. The molecule has 1 aliphatic carbocycles. The highest BCUT2D eigenvalue weighted by molar-refractivity contribution is 6.32. The van der Waals surface area contributed by atoms with Crippen LogP contribution in [0.15, 0.2) is 66.5 Å². The largest absolute Gasteiger partial charge is 0.447 e. The first-order valence-corrected chi connectivity index (χ1v) is 15.8. The Morgan fingerprint density at radius 1 is 1.20 bits per heavy atom. The lowest BCUT2D eigenvalue weighted by atomic mass is 9.70. The predicted molar refractivity (Wildman–Crippen MR) is 171 cm³/mol. The van der Waals surface area contributed by atoms with Gasteiger partial charge in [-0.2, -0.15) is 19.0 Å². The summed E-state index contributed by atoms with van der Waals surface area (Å²) < 4.78 is 60.9. The van der Waals surface area contributed by atoms with Gasteiger partial charge in [-0.3, -0.25) is 14.6 Å². The number of nitrogens with two attached hydrogens (primary N) is 1. The van der Waals surface area contributed by atoms with Gasteiger partial charge in [-0.25, -0.2) is 32.9 Å². The van der Waals surface area contributed by atoms with Gasteiger partial charge in [0.15, 0.2) is 11.5 Å². The van der Waals surface area contributed by atoms with Gasteiger partial charge in [-0.1, -0.05) is 56.7 Å². The molecule has 0 spiro atoms. The maximum absolute atomic E-state index is 14.8. The van der Waals surface area contributed by atoms with Crippen LogP contribution in [0.1, 0.15) is 57.3 Å². The summed E-state index contributed by atoms with van der Waals surface area (Å²) in [6, 6.07) is 3.83. The number of allylic oxidation sites excluding steroid dienone is 3. The van der Waals surface area contributed by atoms with Crippen LogP contribution in [-0.2, 0) is 9.53 Å². The van der Waals surface area contributed by atoms with Crippen LogP contribution < -0.4 is 5.73 Å². The van der Waals surface area contributed by atoms with Crippen LogP contribution >= 0.6 is 11.6 Å². The predicted octanol–water partition coefficient (Wildman–Crippen LogP) is 5.63. The molecular formula is C32H34ClF4N9O3.